The Morgan fingerprint density at radius 1 is 1.26 bits per heavy atom. The number of hydrogen-bond donors (Lipinski definition) is 1. The highest BCUT2D eigenvalue weighted by Crippen LogP contribution is 2.34. The fraction of sp³-hybridized carbons (Fsp3) is 0.611. The molecule has 4 nitrogen and oxygen atoms in total. The number of carbonyl (C=O) groups is 1. The summed E-state index contributed by atoms with van der Waals surface area (Å²) in [6.07, 6.45) is 4.45. The van der Waals surface area contributed by atoms with Gasteiger partial charge in [0.25, 0.3) is 0 Å². The van der Waals surface area contributed by atoms with E-state index < -0.39 is 0 Å². The van der Waals surface area contributed by atoms with Gasteiger partial charge in [-0.1, -0.05) is 18.2 Å². The highest BCUT2D eigenvalue weighted by atomic mass is 19.1. The van der Waals surface area contributed by atoms with E-state index in [0.717, 1.165) is 37.8 Å². The maximum absolute atomic E-state index is 13.7. The number of hydrogen-bond acceptors (Lipinski definition) is 3. The number of carbonyl (C=O) groups excluding carboxylic acids is 1. The van der Waals surface area contributed by atoms with Crippen molar-refractivity contribution in [1.29, 1.82) is 0 Å². The van der Waals surface area contributed by atoms with Crippen molar-refractivity contribution in [2.45, 2.75) is 50.5 Å². The number of nitrogens with zero attached hydrogens (tertiary/aromatic N) is 1. The van der Waals surface area contributed by atoms with Gasteiger partial charge >= 0.3 is 0 Å². The van der Waals surface area contributed by atoms with E-state index in [1.807, 2.05) is 12.1 Å². The van der Waals surface area contributed by atoms with Crippen LogP contribution in [0.2, 0.25) is 0 Å². The van der Waals surface area contributed by atoms with Crippen LogP contribution < -0.4 is 5.32 Å². The number of benzene rings is 1. The van der Waals surface area contributed by atoms with Crippen LogP contribution in [0, 0.1) is 11.7 Å². The molecule has 0 bridgehead atoms. The first-order valence-corrected chi connectivity index (χ1v) is 8.61. The number of nitrogens with one attached hydrogen (secondary N) is 1. The predicted octanol–water partition coefficient (Wildman–Crippen LogP) is 2.08. The molecule has 0 radical (unpaired) electrons. The van der Waals surface area contributed by atoms with Gasteiger partial charge in [-0.15, -0.1) is 0 Å². The molecule has 0 aromatic heterocycles. The lowest BCUT2D eigenvalue weighted by molar-refractivity contribution is -0.169. The summed E-state index contributed by atoms with van der Waals surface area (Å²) in [5.41, 5.74) is 0.754. The van der Waals surface area contributed by atoms with Crippen molar-refractivity contribution in [1.82, 2.24) is 10.2 Å². The van der Waals surface area contributed by atoms with Crippen molar-refractivity contribution in [3.05, 3.63) is 35.6 Å². The molecule has 4 rings (SSSR count). The Hall–Kier alpha value is -1.46. The first kappa shape index (κ1) is 15.1. The molecule has 1 aliphatic carbocycles. The van der Waals surface area contributed by atoms with Crippen molar-refractivity contribution < 1.29 is 13.9 Å². The Bertz CT molecular complexity index is 590. The SMILES string of the molecule is O=C(NC[C@H]1CC[C@H]2[C@H](CN2Cc2ccccc2F)O1)C1CC1. The molecule has 0 spiro atoms. The summed E-state index contributed by atoms with van der Waals surface area (Å²) in [6, 6.07) is 7.36. The number of likely N-dealkylation sites (tertiary alicyclic amines) is 1. The van der Waals surface area contributed by atoms with Crippen LogP contribution in [0.4, 0.5) is 4.39 Å². The van der Waals surface area contributed by atoms with Gasteiger partial charge in [-0.2, -0.15) is 0 Å². The molecule has 1 saturated carbocycles. The molecule has 124 valence electrons. The zero-order chi connectivity index (χ0) is 15.8. The highest BCUT2D eigenvalue weighted by Gasteiger charge is 2.44. The smallest absolute Gasteiger partial charge is 0.223 e. The standard InChI is InChI=1S/C18H23FN2O2/c19-15-4-2-1-3-13(15)10-21-11-17-16(21)8-7-14(23-17)9-20-18(22)12-5-6-12/h1-4,12,14,16-17H,5-11H2,(H,20,22)/t14-,16+,17+/m1/s1. The normalized spacial score (nSPS) is 30.4. The summed E-state index contributed by atoms with van der Waals surface area (Å²) < 4.78 is 19.8. The lowest BCUT2D eigenvalue weighted by atomic mass is 9.89. The molecule has 5 heteroatoms. The van der Waals surface area contributed by atoms with Crippen LogP contribution in [0.1, 0.15) is 31.2 Å². The Balaban J connectivity index is 1.24. The first-order valence-electron chi connectivity index (χ1n) is 8.61. The molecule has 2 heterocycles. The van der Waals surface area contributed by atoms with Gasteiger partial charge in [-0.3, -0.25) is 9.69 Å². The monoisotopic (exact) mass is 318 g/mol. The minimum atomic E-state index is -0.131. The largest absolute Gasteiger partial charge is 0.370 e. The zero-order valence-corrected chi connectivity index (χ0v) is 13.2. The Labute approximate surface area is 136 Å². The Morgan fingerprint density at radius 2 is 2.09 bits per heavy atom. The molecule has 1 amide bonds. The number of ether oxygens (including phenoxy) is 1. The maximum Gasteiger partial charge on any atom is 0.223 e. The van der Waals surface area contributed by atoms with Gasteiger partial charge in [0.2, 0.25) is 5.91 Å². The summed E-state index contributed by atoms with van der Waals surface area (Å²) >= 11 is 0. The minimum Gasteiger partial charge on any atom is -0.370 e. The van der Waals surface area contributed by atoms with Crippen LogP contribution in [0.3, 0.4) is 0 Å². The molecule has 23 heavy (non-hydrogen) atoms. The van der Waals surface area contributed by atoms with E-state index >= 15 is 0 Å². The predicted molar refractivity (Wildman–Crippen MR) is 84.2 cm³/mol. The zero-order valence-electron chi connectivity index (χ0n) is 13.2. The summed E-state index contributed by atoms with van der Waals surface area (Å²) in [5.74, 6) is 0.310. The van der Waals surface area contributed by atoms with Crippen LogP contribution in [-0.4, -0.2) is 42.1 Å². The molecule has 0 unspecified atom stereocenters. The van der Waals surface area contributed by atoms with Gasteiger partial charge in [-0.05, 0) is 31.7 Å². The summed E-state index contributed by atoms with van der Waals surface area (Å²) in [5, 5.41) is 3.01. The number of rotatable bonds is 5. The number of halogens is 1. The topological polar surface area (TPSA) is 41.6 Å². The molecule has 3 fully saturated rings. The third-order valence-electron chi connectivity index (χ3n) is 5.25. The van der Waals surface area contributed by atoms with Crippen LogP contribution in [0.25, 0.3) is 0 Å². The fourth-order valence-electron chi connectivity index (χ4n) is 3.64. The number of amides is 1. The third-order valence-corrected chi connectivity index (χ3v) is 5.25. The second-order valence-corrected chi connectivity index (χ2v) is 6.98. The average molecular weight is 318 g/mol. The van der Waals surface area contributed by atoms with E-state index in [1.54, 1.807) is 6.07 Å². The van der Waals surface area contributed by atoms with Crippen molar-refractivity contribution in [3.8, 4) is 0 Å². The van der Waals surface area contributed by atoms with Gasteiger partial charge in [-0.25, -0.2) is 4.39 Å². The average Bonchev–Trinajstić information content (AvgIpc) is 3.37. The van der Waals surface area contributed by atoms with E-state index in [9.17, 15) is 9.18 Å². The fourth-order valence-corrected chi connectivity index (χ4v) is 3.64. The number of fused-ring (bicyclic) bond motifs is 1. The van der Waals surface area contributed by atoms with Crippen LogP contribution >= 0.6 is 0 Å². The lowest BCUT2D eigenvalue weighted by Crippen LogP contribution is -2.64. The van der Waals surface area contributed by atoms with Gasteiger partial charge in [0, 0.05) is 37.2 Å². The van der Waals surface area contributed by atoms with E-state index in [0.29, 0.717) is 19.1 Å². The second kappa shape index (κ2) is 6.21. The third kappa shape index (κ3) is 3.26. The van der Waals surface area contributed by atoms with Gasteiger partial charge in [0.05, 0.1) is 12.2 Å². The van der Waals surface area contributed by atoms with Crippen molar-refractivity contribution >= 4 is 5.91 Å². The molecule has 1 aromatic carbocycles. The van der Waals surface area contributed by atoms with Gasteiger partial charge in [0.15, 0.2) is 0 Å². The van der Waals surface area contributed by atoms with Crippen LogP contribution in [0.15, 0.2) is 24.3 Å². The Morgan fingerprint density at radius 3 is 2.83 bits per heavy atom. The van der Waals surface area contributed by atoms with E-state index in [4.69, 9.17) is 4.74 Å². The molecular weight excluding hydrogens is 295 g/mol. The van der Waals surface area contributed by atoms with Crippen molar-refractivity contribution in [2.24, 2.45) is 5.92 Å². The molecule has 2 aliphatic heterocycles. The maximum atomic E-state index is 13.7. The van der Waals surface area contributed by atoms with Crippen molar-refractivity contribution in [2.75, 3.05) is 13.1 Å². The molecule has 1 aromatic rings. The quantitative estimate of drug-likeness (QED) is 0.904. The van der Waals surface area contributed by atoms with E-state index in [1.165, 1.54) is 6.07 Å². The molecule has 2 saturated heterocycles. The summed E-state index contributed by atoms with van der Waals surface area (Å²) in [6.45, 7) is 2.14. The summed E-state index contributed by atoms with van der Waals surface area (Å²) in [7, 11) is 0. The molecule has 3 aliphatic rings. The molecule has 1 N–H and O–H groups in total. The van der Waals surface area contributed by atoms with Crippen LogP contribution in [-0.2, 0) is 16.1 Å². The highest BCUT2D eigenvalue weighted by molar-refractivity contribution is 5.80. The van der Waals surface area contributed by atoms with Crippen molar-refractivity contribution in [3.63, 3.8) is 0 Å². The second-order valence-electron chi connectivity index (χ2n) is 6.98. The van der Waals surface area contributed by atoms with E-state index in [-0.39, 0.29) is 29.9 Å². The van der Waals surface area contributed by atoms with Crippen LogP contribution in [0.5, 0.6) is 0 Å². The molecule has 3 atom stereocenters. The first-order chi connectivity index (χ1) is 11.2. The lowest BCUT2D eigenvalue weighted by Gasteiger charge is -2.52. The minimum absolute atomic E-state index is 0.131. The van der Waals surface area contributed by atoms with E-state index in [2.05, 4.69) is 10.2 Å². The summed E-state index contributed by atoms with van der Waals surface area (Å²) in [4.78, 5) is 14.0. The van der Waals surface area contributed by atoms with Gasteiger partial charge < -0.3 is 10.1 Å². The molecular formula is C18H23FN2O2. The van der Waals surface area contributed by atoms with Gasteiger partial charge in [0.1, 0.15) is 5.82 Å². The Kier molecular flexibility index (Phi) is 4.07.